The van der Waals surface area contributed by atoms with Crippen LogP contribution >= 0.6 is 0 Å². The molecule has 0 aliphatic carbocycles. The lowest BCUT2D eigenvalue weighted by Gasteiger charge is -2.13. The highest BCUT2D eigenvalue weighted by molar-refractivity contribution is 5.83. The summed E-state index contributed by atoms with van der Waals surface area (Å²) >= 11 is 0. The molecule has 0 aromatic carbocycles. The molecule has 0 saturated carbocycles. The summed E-state index contributed by atoms with van der Waals surface area (Å²) < 4.78 is 7.34. The number of hydrogen-bond acceptors (Lipinski definition) is 5. The summed E-state index contributed by atoms with van der Waals surface area (Å²) in [6.07, 6.45) is 1.53. The van der Waals surface area contributed by atoms with E-state index in [2.05, 4.69) is 10.3 Å². The number of carbonyl (C=O) groups excluding carboxylic acids is 1. The minimum absolute atomic E-state index is 0.184. The van der Waals surface area contributed by atoms with Gasteiger partial charge in [-0.15, -0.1) is 0 Å². The molecule has 2 rings (SSSR count). The minimum atomic E-state index is -0.602. The summed E-state index contributed by atoms with van der Waals surface area (Å²) in [6.45, 7) is 1.40. The molecular formula is C13H16N4O4. The fourth-order valence-corrected chi connectivity index (χ4v) is 2.15. The summed E-state index contributed by atoms with van der Waals surface area (Å²) in [6, 6.07) is 0. The molecule has 0 spiro atoms. The Hall–Kier alpha value is -2.64. The number of fused-ring (bicyclic) bond motifs is 1. The van der Waals surface area contributed by atoms with Gasteiger partial charge in [-0.2, -0.15) is 0 Å². The zero-order chi connectivity index (χ0) is 15.7. The van der Waals surface area contributed by atoms with E-state index < -0.39 is 17.2 Å². The molecule has 0 atom stereocenters. The van der Waals surface area contributed by atoms with Gasteiger partial charge >= 0.3 is 5.69 Å². The second-order valence-electron chi connectivity index (χ2n) is 4.58. The Kier molecular flexibility index (Phi) is 3.79. The second-order valence-corrected chi connectivity index (χ2v) is 4.58. The van der Waals surface area contributed by atoms with Crippen LogP contribution in [-0.4, -0.2) is 34.2 Å². The molecule has 21 heavy (non-hydrogen) atoms. The summed E-state index contributed by atoms with van der Waals surface area (Å²) in [5.41, 5.74) is -0.299. The molecule has 0 fully saturated rings. The Morgan fingerprint density at radius 3 is 2.67 bits per heavy atom. The maximum atomic E-state index is 12.5. The van der Waals surface area contributed by atoms with Crippen molar-refractivity contribution < 1.29 is 9.53 Å². The van der Waals surface area contributed by atoms with Crippen LogP contribution in [0.2, 0.25) is 0 Å². The predicted octanol–water partition coefficient (Wildman–Crippen LogP) is -0.842. The SMILES string of the molecule is CNC(=O)Cn1c(=O)c2c(OC)c(C)cnc2n(C)c1=O. The van der Waals surface area contributed by atoms with Crippen LogP contribution in [0.5, 0.6) is 5.75 Å². The fourth-order valence-electron chi connectivity index (χ4n) is 2.15. The molecule has 112 valence electrons. The van der Waals surface area contributed by atoms with Crippen molar-refractivity contribution in [2.24, 2.45) is 7.05 Å². The molecular weight excluding hydrogens is 276 g/mol. The number of methoxy groups -OCH3 is 1. The number of amides is 1. The molecule has 0 unspecified atom stereocenters. The summed E-state index contributed by atoms with van der Waals surface area (Å²) in [7, 11) is 4.37. The molecule has 0 bridgehead atoms. The first-order valence-corrected chi connectivity index (χ1v) is 6.26. The maximum absolute atomic E-state index is 12.5. The maximum Gasteiger partial charge on any atom is 0.332 e. The van der Waals surface area contributed by atoms with Crippen molar-refractivity contribution in [3.63, 3.8) is 0 Å². The molecule has 2 aromatic rings. The topological polar surface area (TPSA) is 95.2 Å². The number of pyridine rings is 1. The zero-order valence-electron chi connectivity index (χ0n) is 12.3. The summed E-state index contributed by atoms with van der Waals surface area (Å²) in [5, 5.41) is 2.57. The van der Waals surface area contributed by atoms with E-state index >= 15 is 0 Å². The number of hydrogen-bond donors (Lipinski definition) is 1. The van der Waals surface area contributed by atoms with E-state index in [0.717, 1.165) is 4.57 Å². The smallest absolute Gasteiger partial charge is 0.332 e. The van der Waals surface area contributed by atoms with Crippen LogP contribution in [0, 0.1) is 6.92 Å². The van der Waals surface area contributed by atoms with Crippen LogP contribution < -0.4 is 21.3 Å². The lowest BCUT2D eigenvalue weighted by atomic mass is 10.2. The molecule has 2 aromatic heterocycles. The third kappa shape index (κ3) is 2.28. The third-order valence-electron chi connectivity index (χ3n) is 3.27. The lowest BCUT2D eigenvalue weighted by molar-refractivity contribution is -0.121. The summed E-state index contributed by atoms with van der Waals surface area (Å²) in [5.74, 6) is -0.0839. The second kappa shape index (κ2) is 5.39. The van der Waals surface area contributed by atoms with Gasteiger partial charge in [0, 0.05) is 25.9 Å². The van der Waals surface area contributed by atoms with Gasteiger partial charge in [-0.1, -0.05) is 0 Å². The van der Waals surface area contributed by atoms with Crippen molar-refractivity contribution in [3.05, 3.63) is 32.6 Å². The highest BCUT2D eigenvalue weighted by Gasteiger charge is 2.18. The largest absolute Gasteiger partial charge is 0.495 e. The number of ether oxygens (including phenoxy) is 1. The Bertz CT molecular complexity index is 835. The number of nitrogens with one attached hydrogen (secondary N) is 1. The van der Waals surface area contributed by atoms with Crippen LogP contribution in [0.25, 0.3) is 11.0 Å². The van der Waals surface area contributed by atoms with Gasteiger partial charge in [0.05, 0.1) is 7.11 Å². The normalized spacial score (nSPS) is 10.7. The lowest BCUT2D eigenvalue weighted by Crippen LogP contribution is -2.43. The first kappa shape index (κ1) is 14.8. The predicted molar refractivity (Wildman–Crippen MR) is 76.6 cm³/mol. The van der Waals surface area contributed by atoms with Gasteiger partial charge < -0.3 is 10.1 Å². The van der Waals surface area contributed by atoms with E-state index in [1.165, 1.54) is 32.0 Å². The first-order valence-electron chi connectivity index (χ1n) is 6.26. The number of carbonyl (C=O) groups is 1. The van der Waals surface area contributed by atoms with Crippen LogP contribution in [0.15, 0.2) is 15.8 Å². The number of aromatic nitrogens is 3. The first-order chi connectivity index (χ1) is 9.92. The van der Waals surface area contributed by atoms with Gasteiger partial charge in [0.1, 0.15) is 17.7 Å². The van der Waals surface area contributed by atoms with E-state index in [-0.39, 0.29) is 17.6 Å². The third-order valence-corrected chi connectivity index (χ3v) is 3.27. The molecule has 8 heteroatoms. The standard InChI is InChI=1S/C13H16N4O4/c1-7-5-15-11-9(10(7)21-4)12(19)17(6-8(18)14-2)13(20)16(11)3/h5H,6H2,1-4H3,(H,14,18). The molecule has 1 amide bonds. The van der Waals surface area contributed by atoms with Crippen molar-refractivity contribution >= 4 is 16.9 Å². The Morgan fingerprint density at radius 2 is 2.10 bits per heavy atom. The van der Waals surface area contributed by atoms with E-state index in [1.807, 2.05) is 0 Å². The molecule has 0 radical (unpaired) electrons. The van der Waals surface area contributed by atoms with Crippen molar-refractivity contribution in [2.75, 3.05) is 14.2 Å². The van der Waals surface area contributed by atoms with Crippen molar-refractivity contribution in [2.45, 2.75) is 13.5 Å². The van der Waals surface area contributed by atoms with Gasteiger partial charge in [-0.05, 0) is 6.92 Å². The fraction of sp³-hybridized carbons (Fsp3) is 0.385. The number of rotatable bonds is 3. The van der Waals surface area contributed by atoms with Crippen molar-refractivity contribution in [3.8, 4) is 5.75 Å². The monoisotopic (exact) mass is 292 g/mol. The Morgan fingerprint density at radius 1 is 1.43 bits per heavy atom. The van der Waals surface area contributed by atoms with Crippen LogP contribution in [0.1, 0.15) is 5.56 Å². The Balaban J connectivity index is 2.93. The zero-order valence-corrected chi connectivity index (χ0v) is 12.3. The number of aryl methyl sites for hydroxylation is 2. The minimum Gasteiger partial charge on any atom is -0.495 e. The van der Waals surface area contributed by atoms with Crippen molar-refractivity contribution in [1.82, 2.24) is 19.4 Å². The molecule has 2 heterocycles. The quantitative estimate of drug-likeness (QED) is 0.795. The van der Waals surface area contributed by atoms with Crippen LogP contribution in [0.4, 0.5) is 0 Å². The number of likely N-dealkylation sites (N-methyl/N-ethyl adjacent to an activating group) is 1. The molecule has 0 saturated heterocycles. The Labute approximate surface area is 120 Å². The molecule has 8 nitrogen and oxygen atoms in total. The van der Waals surface area contributed by atoms with E-state index in [1.54, 1.807) is 6.92 Å². The van der Waals surface area contributed by atoms with E-state index in [0.29, 0.717) is 11.3 Å². The van der Waals surface area contributed by atoms with Gasteiger partial charge in [-0.25, -0.2) is 14.3 Å². The van der Waals surface area contributed by atoms with E-state index in [9.17, 15) is 14.4 Å². The van der Waals surface area contributed by atoms with Gasteiger partial charge in [0.15, 0.2) is 5.65 Å². The molecule has 1 N–H and O–H groups in total. The van der Waals surface area contributed by atoms with Gasteiger partial charge in [0.2, 0.25) is 5.91 Å². The average Bonchev–Trinajstić information content (AvgIpc) is 2.48. The average molecular weight is 292 g/mol. The highest BCUT2D eigenvalue weighted by atomic mass is 16.5. The van der Waals surface area contributed by atoms with Gasteiger partial charge in [-0.3, -0.25) is 14.2 Å². The van der Waals surface area contributed by atoms with Crippen molar-refractivity contribution in [1.29, 1.82) is 0 Å². The highest BCUT2D eigenvalue weighted by Crippen LogP contribution is 2.23. The summed E-state index contributed by atoms with van der Waals surface area (Å²) in [4.78, 5) is 40.3. The molecule has 0 aliphatic heterocycles. The van der Waals surface area contributed by atoms with Crippen LogP contribution in [-0.2, 0) is 18.4 Å². The molecule has 0 aliphatic rings. The van der Waals surface area contributed by atoms with E-state index in [4.69, 9.17) is 4.74 Å². The van der Waals surface area contributed by atoms with Crippen LogP contribution in [0.3, 0.4) is 0 Å². The number of nitrogens with zero attached hydrogens (tertiary/aromatic N) is 3. The van der Waals surface area contributed by atoms with Gasteiger partial charge in [0.25, 0.3) is 5.56 Å².